The Kier molecular flexibility index (Phi) is 7.46. The molecule has 0 saturated carbocycles. The van der Waals surface area contributed by atoms with Gasteiger partial charge in [-0.15, -0.1) is 0 Å². The van der Waals surface area contributed by atoms with Crippen LogP contribution in [-0.2, 0) is 16.6 Å². The van der Waals surface area contributed by atoms with E-state index in [1.54, 1.807) is 22.8 Å². The van der Waals surface area contributed by atoms with Crippen molar-refractivity contribution in [2.75, 3.05) is 19.6 Å². The van der Waals surface area contributed by atoms with E-state index in [0.717, 1.165) is 38.0 Å². The average molecular weight is 401 g/mol. The lowest BCUT2D eigenvalue weighted by atomic mass is 10.2. The van der Waals surface area contributed by atoms with Gasteiger partial charge in [0, 0.05) is 17.6 Å². The van der Waals surface area contributed by atoms with E-state index in [-0.39, 0.29) is 11.2 Å². The predicted molar refractivity (Wildman–Crippen MR) is 107 cm³/mol. The molecule has 26 heavy (non-hydrogen) atoms. The van der Waals surface area contributed by atoms with Crippen LogP contribution in [0.25, 0.3) is 11.0 Å². The van der Waals surface area contributed by atoms with E-state index < -0.39 is 10.0 Å². The van der Waals surface area contributed by atoms with Crippen molar-refractivity contribution in [1.29, 1.82) is 0 Å². The summed E-state index contributed by atoms with van der Waals surface area (Å²) in [6, 6.07) is 5.07. The van der Waals surface area contributed by atoms with Crippen molar-refractivity contribution >= 4 is 32.7 Å². The Morgan fingerprint density at radius 1 is 1.27 bits per heavy atom. The lowest BCUT2D eigenvalue weighted by Crippen LogP contribution is -2.35. The molecule has 0 spiro atoms. The Morgan fingerprint density at radius 3 is 2.58 bits per heavy atom. The van der Waals surface area contributed by atoms with E-state index in [1.807, 2.05) is 13.8 Å². The Balaban J connectivity index is 2.13. The summed E-state index contributed by atoms with van der Waals surface area (Å²) in [5.74, 6) is 0. The van der Waals surface area contributed by atoms with Crippen LogP contribution in [-0.4, -0.2) is 48.5 Å². The monoisotopic (exact) mass is 400 g/mol. The van der Waals surface area contributed by atoms with E-state index >= 15 is 0 Å². The van der Waals surface area contributed by atoms with Crippen molar-refractivity contribution in [3.05, 3.63) is 23.2 Å². The maximum atomic E-state index is 12.8. The molecule has 8 heteroatoms. The molecular weight excluding hydrogens is 372 g/mol. The molecule has 6 nitrogen and oxygen atoms in total. The molecule has 0 aliphatic carbocycles. The Bertz CT molecular complexity index is 831. The van der Waals surface area contributed by atoms with Crippen molar-refractivity contribution in [3.63, 3.8) is 0 Å². The zero-order chi connectivity index (χ0) is 19.3. The number of rotatable bonds is 10. The van der Waals surface area contributed by atoms with Gasteiger partial charge in [-0.05, 0) is 64.5 Å². The van der Waals surface area contributed by atoms with Crippen molar-refractivity contribution < 1.29 is 8.42 Å². The topological polar surface area (TPSA) is 67.2 Å². The molecule has 0 amide bonds. The number of hydrogen-bond donors (Lipinski definition) is 1. The fourth-order valence-corrected chi connectivity index (χ4v) is 4.78. The van der Waals surface area contributed by atoms with Gasteiger partial charge >= 0.3 is 0 Å². The third-order valence-electron chi connectivity index (χ3n) is 4.59. The Labute approximate surface area is 161 Å². The van der Waals surface area contributed by atoms with Crippen molar-refractivity contribution in [1.82, 2.24) is 19.2 Å². The number of benzene rings is 1. The number of nitrogens with zero attached hydrogens (tertiary/aromatic N) is 3. The number of aromatic nitrogens is 2. The van der Waals surface area contributed by atoms with Crippen molar-refractivity contribution in [2.45, 2.75) is 58.3 Å². The second kappa shape index (κ2) is 9.17. The molecule has 0 bridgehead atoms. The summed E-state index contributed by atoms with van der Waals surface area (Å²) < 4.78 is 30.2. The molecule has 1 aromatic heterocycles. The van der Waals surface area contributed by atoms with Crippen LogP contribution >= 0.6 is 11.6 Å². The first-order valence-electron chi connectivity index (χ1n) is 9.22. The van der Waals surface area contributed by atoms with E-state index in [9.17, 15) is 8.42 Å². The normalized spacial score (nSPS) is 13.6. The summed E-state index contributed by atoms with van der Waals surface area (Å²) in [6.07, 6.45) is 1.74. The first kappa shape index (κ1) is 21.2. The Morgan fingerprint density at radius 2 is 1.96 bits per heavy atom. The molecule has 1 unspecified atom stereocenters. The second-order valence-corrected chi connectivity index (χ2v) is 8.51. The maximum Gasteiger partial charge on any atom is 0.274 e. The fraction of sp³-hybridized carbons (Fsp3) is 0.611. The number of halogens is 1. The first-order valence-corrected chi connectivity index (χ1v) is 11.1. The van der Waals surface area contributed by atoms with Crippen LogP contribution < -0.4 is 4.72 Å². The highest BCUT2D eigenvalue weighted by molar-refractivity contribution is 7.89. The molecule has 2 aromatic rings. The van der Waals surface area contributed by atoms with Gasteiger partial charge in [0.1, 0.15) is 0 Å². The summed E-state index contributed by atoms with van der Waals surface area (Å²) >= 11 is 6.05. The Hall–Kier alpha value is -1.15. The molecule has 146 valence electrons. The molecule has 0 aliphatic rings. The fourth-order valence-electron chi connectivity index (χ4n) is 3.12. The van der Waals surface area contributed by atoms with E-state index in [2.05, 4.69) is 28.5 Å². The van der Waals surface area contributed by atoms with Gasteiger partial charge in [0.2, 0.25) is 5.16 Å². The highest BCUT2D eigenvalue weighted by Gasteiger charge is 2.25. The van der Waals surface area contributed by atoms with Gasteiger partial charge in [-0.3, -0.25) is 0 Å². The maximum absolute atomic E-state index is 12.8. The number of nitrogens with one attached hydrogen (secondary N) is 1. The number of fused-ring (bicyclic) bond motifs is 1. The van der Waals surface area contributed by atoms with Crippen LogP contribution in [0.1, 0.15) is 40.5 Å². The quantitative estimate of drug-likeness (QED) is 0.662. The number of hydrogen-bond acceptors (Lipinski definition) is 4. The minimum atomic E-state index is -3.69. The first-order chi connectivity index (χ1) is 12.3. The second-order valence-electron chi connectivity index (χ2n) is 6.46. The zero-order valence-corrected chi connectivity index (χ0v) is 17.6. The highest BCUT2D eigenvalue weighted by atomic mass is 35.5. The van der Waals surface area contributed by atoms with Crippen molar-refractivity contribution in [3.8, 4) is 0 Å². The average Bonchev–Trinajstić information content (AvgIpc) is 2.97. The molecular formula is C18H29ClN4O2S. The van der Waals surface area contributed by atoms with Gasteiger partial charge in [-0.25, -0.2) is 18.1 Å². The van der Waals surface area contributed by atoms with Crippen LogP contribution in [0.3, 0.4) is 0 Å². The van der Waals surface area contributed by atoms with Gasteiger partial charge in [-0.2, -0.15) is 0 Å². The lowest BCUT2D eigenvalue weighted by molar-refractivity contribution is 0.293. The standard InChI is InChI=1S/C18H29ClN4O2S/c1-5-22(6-2)12-8-9-14(4)21-26(24,25)18-20-16-11-10-15(19)13-17(16)23(18)7-3/h10-11,13-14,21H,5-9,12H2,1-4H3. The molecule has 0 saturated heterocycles. The van der Waals surface area contributed by atoms with Crippen LogP contribution in [0.5, 0.6) is 0 Å². The minimum absolute atomic E-state index is 0.0489. The summed E-state index contributed by atoms with van der Waals surface area (Å²) in [4.78, 5) is 6.66. The van der Waals surface area contributed by atoms with Crippen molar-refractivity contribution in [2.24, 2.45) is 0 Å². The third-order valence-corrected chi connectivity index (χ3v) is 6.33. The summed E-state index contributed by atoms with van der Waals surface area (Å²) in [6.45, 7) is 11.6. The van der Waals surface area contributed by atoms with Crippen LogP contribution in [0.4, 0.5) is 0 Å². The van der Waals surface area contributed by atoms with E-state index in [0.29, 0.717) is 17.1 Å². The molecule has 0 aliphatic heterocycles. The van der Waals surface area contributed by atoms with Crippen LogP contribution in [0.2, 0.25) is 5.02 Å². The molecule has 0 radical (unpaired) electrons. The van der Waals surface area contributed by atoms with Crippen LogP contribution in [0, 0.1) is 0 Å². The van der Waals surface area contributed by atoms with Gasteiger partial charge < -0.3 is 9.47 Å². The third kappa shape index (κ3) is 4.97. The molecule has 0 fully saturated rings. The summed E-state index contributed by atoms with van der Waals surface area (Å²) in [5, 5.41) is 0.613. The van der Waals surface area contributed by atoms with Gasteiger partial charge in [0.25, 0.3) is 10.0 Å². The van der Waals surface area contributed by atoms with Gasteiger partial charge in [-0.1, -0.05) is 25.4 Å². The molecule has 2 rings (SSSR count). The predicted octanol–water partition coefficient (Wildman–Crippen LogP) is 3.50. The molecule has 1 N–H and O–H groups in total. The number of aryl methyl sites for hydroxylation is 1. The highest BCUT2D eigenvalue weighted by Crippen LogP contribution is 2.23. The molecule has 1 aromatic carbocycles. The van der Waals surface area contributed by atoms with E-state index in [1.165, 1.54) is 0 Å². The zero-order valence-electron chi connectivity index (χ0n) is 16.0. The van der Waals surface area contributed by atoms with Crippen LogP contribution in [0.15, 0.2) is 23.4 Å². The SMILES string of the molecule is CCN(CC)CCCC(C)NS(=O)(=O)c1nc2ccc(Cl)cc2n1CC. The smallest absolute Gasteiger partial charge is 0.274 e. The minimum Gasteiger partial charge on any atom is -0.314 e. The molecule has 1 atom stereocenters. The summed E-state index contributed by atoms with van der Waals surface area (Å²) in [7, 11) is -3.69. The lowest BCUT2D eigenvalue weighted by Gasteiger charge is -2.19. The molecule has 1 heterocycles. The van der Waals surface area contributed by atoms with E-state index in [4.69, 9.17) is 11.6 Å². The number of imidazole rings is 1. The van der Waals surface area contributed by atoms with Gasteiger partial charge in [0.15, 0.2) is 0 Å². The number of sulfonamides is 1. The van der Waals surface area contributed by atoms with Gasteiger partial charge in [0.05, 0.1) is 11.0 Å². The largest absolute Gasteiger partial charge is 0.314 e. The summed E-state index contributed by atoms with van der Waals surface area (Å²) in [5.41, 5.74) is 1.36.